The number of hydrogen-bond donors (Lipinski definition) is 0. The number of rotatable bonds is 14. The van der Waals surface area contributed by atoms with Crippen LogP contribution >= 0.6 is 0 Å². The zero-order valence-electron chi connectivity index (χ0n) is 20.1. The van der Waals surface area contributed by atoms with Crippen LogP contribution in [0.5, 0.6) is 11.5 Å². The first-order valence-electron chi connectivity index (χ1n) is 12.4. The van der Waals surface area contributed by atoms with Crippen molar-refractivity contribution >= 4 is 61.5 Å². The van der Waals surface area contributed by atoms with Crippen molar-refractivity contribution in [2.75, 3.05) is 13.2 Å². The summed E-state index contributed by atoms with van der Waals surface area (Å²) in [5, 5.41) is 0. The molecule has 34 heavy (non-hydrogen) atoms. The Kier molecular flexibility index (Phi) is 11.3. The van der Waals surface area contributed by atoms with E-state index in [9.17, 15) is 0 Å². The van der Waals surface area contributed by atoms with Gasteiger partial charge in [-0.2, -0.15) is 0 Å². The van der Waals surface area contributed by atoms with Crippen LogP contribution in [0.15, 0.2) is 57.5 Å². The molecule has 0 spiro atoms. The molecule has 0 amide bonds. The summed E-state index contributed by atoms with van der Waals surface area (Å²) in [5.41, 5.74) is 2.88. The zero-order chi connectivity index (χ0) is 23.6. The topological polar surface area (TPSA) is 18.5 Å². The first-order valence-corrected chi connectivity index (χ1v) is 24.5. The number of allylic oxidation sites excluding steroid dienone is 2. The summed E-state index contributed by atoms with van der Waals surface area (Å²) in [4.78, 5) is 0. The molecule has 0 saturated heterocycles. The van der Waals surface area contributed by atoms with Crippen molar-refractivity contribution in [3.05, 3.63) is 68.6 Å². The Balaban J connectivity index is 1.37. The number of fused-ring (bicyclic) bond motifs is 1. The summed E-state index contributed by atoms with van der Waals surface area (Å²) in [6.45, 7) is 6.17. The van der Waals surface area contributed by atoms with Gasteiger partial charge in [-0.1, -0.05) is 0 Å². The van der Waals surface area contributed by atoms with E-state index in [1.54, 1.807) is 17.9 Å². The molecule has 0 aromatic heterocycles. The van der Waals surface area contributed by atoms with Gasteiger partial charge in [-0.15, -0.1) is 0 Å². The van der Waals surface area contributed by atoms with E-state index < -0.39 is 0 Å². The minimum atomic E-state index is 0.616. The molecule has 0 bridgehead atoms. The van der Waals surface area contributed by atoms with E-state index in [4.69, 9.17) is 9.47 Å². The third-order valence-electron chi connectivity index (χ3n) is 5.80. The monoisotopic (exact) mass is 722 g/mol. The van der Waals surface area contributed by atoms with Gasteiger partial charge < -0.3 is 0 Å². The minimum absolute atomic E-state index is 0.616. The predicted octanol–water partition coefficient (Wildman–Crippen LogP) is 6.32. The van der Waals surface area contributed by atoms with Crippen LogP contribution < -0.4 is 9.47 Å². The van der Waals surface area contributed by atoms with Crippen LogP contribution in [0.2, 0.25) is 0 Å². The second-order valence-electron chi connectivity index (χ2n) is 8.52. The van der Waals surface area contributed by atoms with E-state index in [0.717, 1.165) is 37.6 Å². The molecule has 2 aliphatic rings. The summed E-state index contributed by atoms with van der Waals surface area (Å²) in [5.74, 6) is 2.04. The SMILES string of the molecule is CCCCCCOc1ccc(C2=C3[Se][Se]C(c4ccc(OCCCCCC)cc4)=C3[Se][Se]2)cc1. The number of hydrogen-bond acceptors (Lipinski definition) is 2. The average Bonchev–Trinajstić information content (AvgIpc) is 3.47. The van der Waals surface area contributed by atoms with Gasteiger partial charge in [0.25, 0.3) is 0 Å². The molecule has 0 unspecified atom stereocenters. The van der Waals surface area contributed by atoms with Crippen molar-refractivity contribution in [1.82, 2.24) is 0 Å². The van der Waals surface area contributed by atoms with Gasteiger partial charge >= 0.3 is 229 Å². The summed E-state index contributed by atoms with van der Waals surface area (Å²) in [6, 6.07) is 17.9. The molecule has 2 nitrogen and oxygen atoms in total. The van der Waals surface area contributed by atoms with Crippen molar-refractivity contribution in [1.29, 1.82) is 0 Å². The molecule has 2 aromatic rings. The molecule has 6 heteroatoms. The molecule has 2 aromatic carbocycles. The first-order chi connectivity index (χ1) is 16.8. The molecule has 2 heterocycles. The third kappa shape index (κ3) is 7.31. The van der Waals surface area contributed by atoms with E-state index in [0.29, 0.717) is 52.5 Å². The second kappa shape index (κ2) is 14.4. The Labute approximate surface area is 227 Å². The van der Waals surface area contributed by atoms with Crippen LogP contribution in [0.25, 0.3) is 8.94 Å². The van der Waals surface area contributed by atoms with Gasteiger partial charge in [0.15, 0.2) is 0 Å². The molecule has 0 saturated carbocycles. The Morgan fingerprint density at radius 1 is 0.471 bits per heavy atom. The van der Waals surface area contributed by atoms with Gasteiger partial charge in [0.1, 0.15) is 0 Å². The fourth-order valence-corrected chi connectivity index (χ4v) is 30.7. The van der Waals surface area contributed by atoms with Crippen molar-refractivity contribution in [3.8, 4) is 11.5 Å². The second-order valence-corrected chi connectivity index (χ2v) is 20.6. The van der Waals surface area contributed by atoms with Gasteiger partial charge in [0.05, 0.1) is 0 Å². The Morgan fingerprint density at radius 3 is 1.24 bits per heavy atom. The molecular formula is C28H34O2Se4. The van der Waals surface area contributed by atoms with Gasteiger partial charge in [-0.3, -0.25) is 0 Å². The summed E-state index contributed by atoms with van der Waals surface area (Å²) in [7, 11) is 0. The molecule has 0 aliphatic carbocycles. The Bertz CT molecular complexity index is 899. The standard InChI is InChI=1S/C28H34O2Se4/c1-3-5-7-9-19-29-23-15-11-21(12-16-23)25-27-28(34-31-25)26(32-33-27)22-13-17-24(18-14-22)30-20-10-8-6-4-2/h11-18H,3-10,19-20H2,1-2H3. The fourth-order valence-electron chi connectivity index (χ4n) is 3.80. The van der Waals surface area contributed by atoms with Gasteiger partial charge in [-0.05, 0) is 0 Å². The van der Waals surface area contributed by atoms with Gasteiger partial charge in [0, 0.05) is 0 Å². The van der Waals surface area contributed by atoms with Crippen LogP contribution in [0, 0.1) is 0 Å². The van der Waals surface area contributed by atoms with Crippen molar-refractivity contribution in [2.24, 2.45) is 0 Å². The van der Waals surface area contributed by atoms with Gasteiger partial charge in [0.2, 0.25) is 0 Å². The predicted molar refractivity (Wildman–Crippen MR) is 149 cm³/mol. The van der Waals surface area contributed by atoms with Crippen molar-refractivity contribution < 1.29 is 9.47 Å². The van der Waals surface area contributed by atoms with E-state index in [2.05, 4.69) is 62.4 Å². The summed E-state index contributed by atoms with van der Waals surface area (Å²) < 4.78 is 18.8. The molecule has 0 N–H and O–H groups in total. The number of unbranched alkanes of at least 4 members (excludes halogenated alkanes) is 6. The van der Waals surface area contributed by atoms with Crippen LogP contribution in [0.3, 0.4) is 0 Å². The third-order valence-corrected chi connectivity index (χ3v) is 22.2. The van der Waals surface area contributed by atoms with Crippen LogP contribution in [-0.2, 0) is 0 Å². The fraction of sp³-hybridized carbons (Fsp3) is 0.429. The van der Waals surface area contributed by atoms with E-state index in [1.165, 1.54) is 49.7 Å². The Morgan fingerprint density at radius 2 is 0.853 bits per heavy atom. The van der Waals surface area contributed by atoms with E-state index in [-0.39, 0.29) is 0 Å². The molecule has 4 rings (SSSR count). The Hall–Kier alpha value is -0.402. The van der Waals surface area contributed by atoms with Crippen LogP contribution in [0.1, 0.15) is 76.3 Å². The maximum absolute atomic E-state index is 5.96. The number of benzene rings is 2. The van der Waals surface area contributed by atoms with Crippen LogP contribution in [-0.4, -0.2) is 65.7 Å². The molecule has 0 radical (unpaired) electrons. The first kappa shape index (κ1) is 26.7. The summed E-state index contributed by atoms with van der Waals surface area (Å²) in [6.07, 6.45) is 10.0. The molecule has 0 atom stereocenters. The quantitative estimate of drug-likeness (QED) is 0.169. The van der Waals surface area contributed by atoms with Crippen molar-refractivity contribution in [2.45, 2.75) is 65.2 Å². The van der Waals surface area contributed by atoms with Crippen molar-refractivity contribution in [3.63, 3.8) is 0 Å². The molecule has 182 valence electrons. The normalized spacial score (nSPS) is 15.2. The summed E-state index contributed by atoms with van der Waals surface area (Å²) >= 11 is 2.50. The maximum atomic E-state index is 5.96. The van der Waals surface area contributed by atoms with Gasteiger partial charge in [-0.25, -0.2) is 0 Å². The number of ether oxygens (including phenoxy) is 2. The molecule has 2 aliphatic heterocycles. The zero-order valence-corrected chi connectivity index (χ0v) is 27.0. The van der Waals surface area contributed by atoms with Crippen LogP contribution in [0.4, 0.5) is 0 Å². The van der Waals surface area contributed by atoms with E-state index in [1.807, 2.05) is 0 Å². The molecule has 0 fully saturated rings. The van der Waals surface area contributed by atoms with E-state index >= 15 is 0 Å². The molecular weight excluding hydrogens is 684 g/mol. The average molecular weight is 718 g/mol.